The molecule has 0 saturated heterocycles. The monoisotopic (exact) mass is 399 g/mol. The van der Waals surface area contributed by atoms with Crippen LogP contribution in [0.5, 0.6) is 5.75 Å². The van der Waals surface area contributed by atoms with Crippen LogP contribution < -0.4 is 4.74 Å². The number of benzene rings is 1. The number of aromatic amines is 1. The Morgan fingerprint density at radius 2 is 1.86 bits per heavy atom. The van der Waals surface area contributed by atoms with Crippen LogP contribution in [0.3, 0.4) is 0 Å². The predicted octanol–water partition coefficient (Wildman–Crippen LogP) is 3.81. The van der Waals surface area contributed by atoms with Crippen LogP contribution in [0.15, 0.2) is 47.9 Å². The van der Waals surface area contributed by atoms with E-state index in [-0.39, 0.29) is 5.75 Å². The number of imidazole rings is 1. The number of nitrogens with zero attached hydrogens (tertiary/aromatic N) is 2. The Balaban J connectivity index is 1.68. The van der Waals surface area contributed by atoms with Crippen LogP contribution in [-0.2, 0) is 21.3 Å². The van der Waals surface area contributed by atoms with E-state index in [1.807, 2.05) is 44.2 Å². The molecule has 2 heterocycles. The van der Waals surface area contributed by atoms with Crippen molar-refractivity contribution in [2.24, 2.45) is 0 Å². The quantitative estimate of drug-likeness (QED) is 0.554. The highest BCUT2D eigenvalue weighted by Crippen LogP contribution is 2.23. The van der Waals surface area contributed by atoms with Crippen LogP contribution >= 0.6 is 0 Å². The lowest BCUT2D eigenvalue weighted by atomic mass is 10.1. The van der Waals surface area contributed by atoms with Gasteiger partial charge in [0.25, 0.3) is 0 Å². The number of rotatable bonds is 9. The number of ether oxygens (including phenoxy) is 2. The molecule has 3 aromatic rings. The number of aromatic nitrogens is 3. The van der Waals surface area contributed by atoms with E-state index in [0.29, 0.717) is 18.4 Å². The van der Waals surface area contributed by atoms with Crippen molar-refractivity contribution >= 4 is 10.8 Å². The van der Waals surface area contributed by atoms with E-state index in [9.17, 15) is 4.21 Å². The van der Waals surface area contributed by atoms with E-state index in [1.165, 1.54) is 5.56 Å². The van der Waals surface area contributed by atoms with Gasteiger partial charge in [0.15, 0.2) is 5.16 Å². The maximum absolute atomic E-state index is 12.8. The SMILES string of the molecule is COCCCOc1ccnc(CS(=O)c2ncc(-c3ccc(C)cc3)[nH]2)c1C. The zero-order chi connectivity index (χ0) is 19.9. The summed E-state index contributed by atoms with van der Waals surface area (Å²) >= 11 is 0. The van der Waals surface area contributed by atoms with Gasteiger partial charge in [-0.3, -0.25) is 9.19 Å². The molecule has 6 nitrogen and oxygen atoms in total. The van der Waals surface area contributed by atoms with Crippen LogP contribution in [0.1, 0.15) is 23.2 Å². The van der Waals surface area contributed by atoms with Gasteiger partial charge in [0.2, 0.25) is 0 Å². The van der Waals surface area contributed by atoms with Crippen LogP contribution in [0, 0.1) is 13.8 Å². The van der Waals surface area contributed by atoms with Crippen molar-refractivity contribution < 1.29 is 13.7 Å². The second-order valence-electron chi connectivity index (χ2n) is 6.53. The maximum atomic E-state index is 12.8. The second kappa shape index (κ2) is 9.61. The van der Waals surface area contributed by atoms with Crippen molar-refractivity contribution in [3.8, 4) is 17.0 Å². The Bertz CT molecular complexity index is 938. The zero-order valence-electron chi connectivity index (χ0n) is 16.4. The average Bonchev–Trinajstić information content (AvgIpc) is 3.19. The van der Waals surface area contributed by atoms with Gasteiger partial charge < -0.3 is 14.5 Å². The summed E-state index contributed by atoms with van der Waals surface area (Å²) in [5.74, 6) is 1.04. The minimum atomic E-state index is -1.32. The van der Waals surface area contributed by atoms with E-state index < -0.39 is 10.8 Å². The first-order valence-corrected chi connectivity index (χ1v) is 10.5. The Hall–Kier alpha value is -2.51. The van der Waals surface area contributed by atoms with Crippen LogP contribution in [-0.4, -0.2) is 39.5 Å². The first-order chi connectivity index (χ1) is 13.6. The highest BCUT2D eigenvalue weighted by Gasteiger charge is 2.15. The van der Waals surface area contributed by atoms with Gasteiger partial charge in [-0.05, 0) is 25.5 Å². The standard InChI is InChI=1S/C21H25N3O3S/c1-15-5-7-17(8-6-15)18-13-23-21(24-18)28(25)14-19-16(2)20(9-10-22-19)27-12-4-11-26-3/h5-10,13H,4,11-12,14H2,1-3H3,(H,23,24). The van der Waals surface area contributed by atoms with Gasteiger partial charge in [0, 0.05) is 31.9 Å². The minimum Gasteiger partial charge on any atom is -0.493 e. The third-order valence-corrected chi connectivity index (χ3v) is 5.58. The molecule has 3 rings (SSSR count). The molecule has 0 aliphatic heterocycles. The fraction of sp³-hybridized carbons (Fsp3) is 0.333. The Labute approximate surface area is 167 Å². The highest BCUT2D eigenvalue weighted by molar-refractivity contribution is 7.84. The summed E-state index contributed by atoms with van der Waals surface area (Å²) in [6.07, 6.45) is 4.21. The van der Waals surface area contributed by atoms with Crippen molar-refractivity contribution in [1.29, 1.82) is 0 Å². The fourth-order valence-electron chi connectivity index (χ4n) is 2.74. The number of hydrogen-bond donors (Lipinski definition) is 1. The molecule has 28 heavy (non-hydrogen) atoms. The molecule has 0 radical (unpaired) electrons. The molecule has 0 saturated carbocycles. The Morgan fingerprint density at radius 3 is 2.61 bits per heavy atom. The number of H-pyrrole nitrogens is 1. The first-order valence-electron chi connectivity index (χ1n) is 9.15. The molecule has 7 heteroatoms. The Morgan fingerprint density at radius 1 is 1.07 bits per heavy atom. The topological polar surface area (TPSA) is 77.1 Å². The average molecular weight is 400 g/mol. The number of hydrogen-bond acceptors (Lipinski definition) is 5. The summed E-state index contributed by atoms with van der Waals surface area (Å²) < 4.78 is 23.6. The molecule has 0 amide bonds. The molecule has 1 unspecified atom stereocenters. The number of nitrogens with one attached hydrogen (secondary N) is 1. The maximum Gasteiger partial charge on any atom is 0.197 e. The molecule has 148 valence electrons. The summed E-state index contributed by atoms with van der Waals surface area (Å²) in [5.41, 5.74) is 4.71. The molecule has 1 atom stereocenters. The van der Waals surface area contributed by atoms with Crippen LogP contribution in [0.25, 0.3) is 11.3 Å². The van der Waals surface area contributed by atoms with Crippen molar-refractivity contribution in [3.05, 3.63) is 59.5 Å². The first kappa shape index (κ1) is 20.2. The van der Waals surface area contributed by atoms with E-state index in [1.54, 1.807) is 19.5 Å². The van der Waals surface area contributed by atoms with Gasteiger partial charge in [-0.25, -0.2) is 4.98 Å². The molecule has 0 aliphatic carbocycles. The van der Waals surface area contributed by atoms with Crippen molar-refractivity contribution in [2.75, 3.05) is 20.3 Å². The Kier molecular flexibility index (Phi) is 6.95. The summed E-state index contributed by atoms with van der Waals surface area (Å²) in [6.45, 7) is 5.20. The van der Waals surface area contributed by atoms with Gasteiger partial charge in [-0.1, -0.05) is 29.8 Å². The molecule has 0 aliphatic rings. The minimum absolute atomic E-state index is 0.280. The lowest BCUT2D eigenvalue weighted by Gasteiger charge is -2.11. The van der Waals surface area contributed by atoms with Crippen molar-refractivity contribution in [3.63, 3.8) is 0 Å². The van der Waals surface area contributed by atoms with Gasteiger partial charge in [0.1, 0.15) is 5.75 Å². The molecule has 0 fully saturated rings. The number of methoxy groups -OCH3 is 1. The normalized spacial score (nSPS) is 12.1. The summed E-state index contributed by atoms with van der Waals surface area (Å²) in [6, 6.07) is 9.95. The van der Waals surface area contributed by atoms with E-state index in [0.717, 1.165) is 34.7 Å². The summed E-state index contributed by atoms with van der Waals surface area (Å²) in [7, 11) is 0.347. The predicted molar refractivity (Wildman–Crippen MR) is 110 cm³/mol. The van der Waals surface area contributed by atoms with E-state index in [4.69, 9.17) is 9.47 Å². The molecule has 0 spiro atoms. The van der Waals surface area contributed by atoms with Crippen LogP contribution in [0.4, 0.5) is 0 Å². The third-order valence-electron chi connectivity index (χ3n) is 4.41. The summed E-state index contributed by atoms with van der Waals surface area (Å²) in [4.78, 5) is 11.9. The lowest BCUT2D eigenvalue weighted by molar-refractivity contribution is 0.172. The molecular formula is C21H25N3O3S. The molecular weight excluding hydrogens is 374 g/mol. The lowest BCUT2D eigenvalue weighted by Crippen LogP contribution is -2.06. The van der Waals surface area contributed by atoms with E-state index >= 15 is 0 Å². The smallest absolute Gasteiger partial charge is 0.197 e. The van der Waals surface area contributed by atoms with Gasteiger partial charge >= 0.3 is 0 Å². The summed E-state index contributed by atoms with van der Waals surface area (Å²) in [5, 5.41) is 0.447. The van der Waals surface area contributed by atoms with Crippen molar-refractivity contribution in [2.45, 2.75) is 31.2 Å². The molecule has 0 bridgehead atoms. The zero-order valence-corrected chi connectivity index (χ0v) is 17.2. The van der Waals surface area contributed by atoms with Gasteiger partial charge in [0.05, 0.1) is 40.7 Å². The van der Waals surface area contributed by atoms with Gasteiger partial charge in [-0.15, -0.1) is 0 Å². The highest BCUT2D eigenvalue weighted by atomic mass is 32.2. The van der Waals surface area contributed by atoms with Crippen LogP contribution in [0.2, 0.25) is 0 Å². The van der Waals surface area contributed by atoms with Gasteiger partial charge in [-0.2, -0.15) is 0 Å². The van der Waals surface area contributed by atoms with Crippen molar-refractivity contribution in [1.82, 2.24) is 15.0 Å². The molecule has 2 aromatic heterocycles. The fourth-order valence-corrected chi connectivity index (χ4v) is 3.81. The molecule has 1 aromatic carbocycles. The largest absolute Gasteiger partial charge is 0.493 e. The third kappa shape index (κ3) is 5.05. The number of aryl methyl sites for hydroxylation is 1. The molecule has 1 N–H and O–H groups in total. The van der Waals surface area contributed by atoms with E-state index in [2.05, 4.69) is 15.0 Å². The second-order valence-corrected chi connectivity index (χ2v) is 7.90. The number of pyridine rings is 1.